The van der Waals surface area contributed by atoms with Crippen LogP contribution < -0.4 is 10.6 Å². The van der Waals surface area contributed by atoms with Crippen molar-refractivity contribution in [2.45, 2.75) is 6.92 Å². The SMILES string of the molecule is Cc1ccc(F)cc1NCC(=O)Nc1cc(Cl)ccc1Cl. The Morgan fingerprint density at radius 1 is 1.14 bits per heavy atom. The van der Waals surface area contributed by atoms with Crippen LogP contribution in [0.1, 0.15) is 5.56 Å². The molecule has 6 heteroatoms. The molecule has 110 valence electrons. The predicted octanol–water partition coefficient (Wildman–Crippen LogP) is 4.49. The zero-order valence-corrected chi connectivity index (χ0v) is 12.7. The minimum absolute atomic E-state index is 0.00681. The third-order valence-electron chi connectivity index (χ3n) is 2.84. The standard InChI is InChI=1S/C15H13Cl2FN2O/c1-9-2-4-11(18)7-13(9)19-8-15(21)20-14-6-10(16)3-5-12(14)17/h2-7,19H,8H2,1H3,(H,20,21). The lowest BCUT2D eigenvalue weighted by atomic mass is 10.2. The molecule has 0 spiro atoms. The number of aryl methyl sites for hydroxylation is 1. The Bertz CT molecular complexity index is 677. The van der Waals surface area contributed by atoms with E-state index in [9.17, 15) is 9.18 Å². The number of amides is 1. The lowest BCUT2D eigenvalue weighted by Gasteiger charge is -2.11. The summed E-state index contributed by atoms with van der Waals surface area (Å²) in [6.45, 7) is 1.82. The Kier molecular flexibility index (Phi) is 5.04. The average molecular weight is 327 g/mol. The molecule has 0 unspecified atom stereocenters. The van der Waals surface area contributed by atoms with Gasteiger partial charge < -0.3 is 10.6 Å². The first-order chi connectivity index (χ1) is 9.95. The van der Waals surface area contributed by atoms with Crippen molar-refractivity contribution in [1.29, 1.82) is 0 Å². The number of nitrogens with one attached hydrogen (secondary N) is 2. The van der Waals surface area contributed by atoms with Gasteiger partial charge in [-0.1, -0.05) is 29.3 Å². The highest BCUT2D eigenvalue weighted by molar-refractivity contribution is 6.35. The van der Waals surface area contributed by atoms with E-state index in [4.69, 9.17) is 23.2 Å². The lowest BCUT2D eigenvalue weighted by molar-refractivity contribution is -0.114. The van der Waals surface area contributed by atoms with Gasteiger partial charge in [-0.25, -0.2) is 4.39 Å². The number of carbonyl (C=O) groups is 1. The molecule has 2 aromatic carbocycles. The van der Waals surface area contributed by atoms with Crippen molar-refractivity contribution in [2.75, 3.05) is 17.2 Å². The summed E-state index contributed by atoms with van der Waals surface area (Å²) in [6.07, 6.45) is 0. The third kappa shape index (κ3) is 4.34. The van der Waals surface area contributed by atoms with Crippen molar-refractivity contribution in [3.63, 3.8) is 0 Å². The molecule has 0 radical (unpaired) electrons. The summed E-state index contributed by atoms with van der Waals surface area (Å²) in [6, 6.07) is 9.15. The van der Waals surface area contributed by atoms with Crippen LogP contribution in [0.4, 0.5) is 15.8 Å². The number of halogens is 3. The van der Waals surface area contributed by atoms with Crippen LogP contribution in [-0.2, 0) is 4.79 Å². The Morgan fingerprint density at radius 3 is 2.67 bits per heavy atom. The molecule has 0 aliphatic carbocycles. The van der Waals surface area contributed by atoms with Gasteiger partial charge >= 0.3 is 0 Å². The predicted molar refractivity (Wildman–Crippen MR) is 84.7 cm³/mol. The molecule has 2 aromatic rings. The minimum atomic E-state index is -0.360. The van der Waals surface area contributed by atoms with Crippen LogP contribution in [0.15, 0.2) is 36.4 Å². The van der Waals surface area contributed by atoms with Gasteiger partial charge in [0.1, 0.15) is 5.82 Å². The summed E-state index contributed by atoms with van der Waals surface area (Å²) in [4.78, 5) is 11.9. The summed E-state index contributed by atoms with van der Waals surface area (Å²) < 4.78 is 13.1. The lowest BCUT2D eigenvalue weighted by Crippen LogP contribution is -2.22. The smallest absolute Gasteiger partial charge is 0.243 e. The van der Waals surface area contributed by atoms with Crippen LogP contribution in [0, 0.1) is 12.7 Å². The molecule has 1 amide bonds. The van der Waals surface area contributed by atoms with E-state index in [1.54, 1.807) is 24.3 Å². The van der Waals surface area contributed by atoms with E-state index in [0.29, 0.717) is 21.4 Å². The minimum Gasteiger partial charge on any atom is -0.376 e. The zero-order chi connectivity index (χ0) is 15.4. The first kappa shape index (κ1) is 15.6. The molecule has 2 rings (SSSR count). The second-order valence-corrected chi connectivity index (χ2v) is 5.33. The molecule has 21 heavy (non-hydrogen) atoms. The number of carbonyl (C=O) groups excluding carboxylic acids is 1. The molecule has 0 saturated carbocycles. The molecule has 0 bridgehead atoms. The summed E-state index contributed by atoms with van der Waals surface area (Å²) in [7, 11) is 0. The molecule has 0 aromatic heterocycles. The summed E-state index contributed by atoms with van der Waals surface area (Å²) in [5.41, 5.74) is 1.86. The fraction of sp³-hybridized carbons (Fsp3) is 0.133. The van der Waals surface area contributed by atoms with E-state index in [1.807, 2.05) is 6.92 Å². The molecule has 0 heterocycles. The summed E-state index contributed by atoms with van der Waals surface area (Å²) >= 11 is 11.8. The summed E-state index contributed by atoms with van der Waals surface area (Å²) in [5.74, 6) is -0.663. The molecular formula is C15H13Cl2FN2O. The van der Waals surface area contributed by atoms with Crippen LogP contribution >= 0.6 is 23.2 Å². The molecule has 0 aliphatic heterocycles. The van der Waals surface area contributed by atoms with Crippen molar-refractivity contribution >= 4 is 40.5 Å². The van der Waals surface area contributed by atoms with E-state index in [-0.39, 0.29) is 18.3 Å². The van der Waals surface area contributed by atoms with Gasteiger partial charge in [0.05, 0.1) is 17.3 Å². The Balaban J connectivity index is 1.99. The van der Waals surface area contributed by atoms with Crippen LogP contribution in [0.2, 0.25) is 10.0 Å². The van der Waals surface area contributed by atoms with Crippen LogP contribution in [-0.4, -0.2) is 12.5 Å². The van der Waals surface area contributed by atoms with Gasteiger partial charge in [0.15, 0.2) is 0 Å². The van der Waals surface area contributed by atoms with Crippen molar-refractivity contribution in [3.05, 3.63) is 57.8 Å². The Morgan fingerprint density at radius 2 is 1.90 bits per heavy atom. The molecule has 0 saturated heterocycles. The monoisotopic (exact) mass is 326 g/mol. The zero-order valence-electron chi connectivity index (χ0n) is 11.2. The van der Waals surface area contributed by atoms with Crippen LogP contribution in [0.5, 0.6) is 0 Å². The largest absolute Gasteiger partial charge is 0.376 e. The van der Waals surface area contributed by atoms with Gasteiger partial charge in [0, 0.05) is 10.7 Å². The van der Waals surface area contributed by atoms with Crippen molar-refractivity contribution in [1.82, 2.24) is 0 Å². The number of hydrogen-bond donors (Lipinski definition) is 2. The fourth-order valence-corrected chi connectivity index (χ4v) is 2.08. The molecule has 3 nitrogen and oxygen atoms in total. The van der Waals surface area contributed by atoms with Gasteiger partial charge in [-0.05, 0) is 42.8 Å². The van der Waals surface area contributed by atoms with Crippen LogP contribution in [0.3, 0.4) is 0 Å². The van der Waals surface area contributed by atoms with E-state index in [2.05, 4.69) is 10.6 Å². The second-order valence-electron chi connectivity index (χ2n) is 4.49. The van der Waals surface area contributed by atoms with Crippen molar-refractivity contribution < 1.29 is 9.18 Å². The van der Waals surface area contributed by atoms with E-state index in [1.165, 1.54) is 12.1 Å². The highest BCUT2D eigenvalue weighted by Crippen LogP contribution is 2.25. The number of anilines is 2. The van der Waals surface area contributed by atoms with Gasteiger partial charge in [-0.15, -0.1) is 0 Å². The quantitative estimate of drug-likeness (QED) is 0.869. The van der Waals surface area contributed by atoms with Crippen molar-refractivity contribution in [3.8, 4) is 0 Å². The number of rotatable bonds is 4. The fourth-order valence-electron chi connectivity index (χ4n) is 1.75. The Hall–Kier alpha value is -1.78. The maximum absolute atomic E-state index is 13.1. The maximum atomic E-state index is 13.1. The van der Waals surface area contributed by atoms with Crippen LogP contribution in [0.25, 0.3) is 0 Å². The topological polar surface area (TPSA) is 41.1 Å². The van der Waals surface area contributed by atoms with E-state index < -0.39 is 0 Å². The molecule has 2 N–H and O–H groups in total. The first-order valence-corrected chi connectivity index (χ1v) is 6.96. The molecule has 0 fully saturated rings. The first-order valence-electron chi connectivity index (χ1n) is 6.20. The van der Waals surface area contributed by atoms with E-state index in [0.717, 1.165) is 5.56 Å². The highest BCUT2D eigenvalue weighted by atomic mass is 35.5. The third-order valence-corrected chi connectivity index (χ3v) is 3.41. The maximum Gasteiger partial charge on any atom is 0.243 e. The molecule has 0 atom stereocenters. The van der Waals surface area contributed by atoms with Crippen molar-refractivity contribution in [2.24, 2.45) is 0 Å². The highest BCUT2D eigenvalue weighted by Gasteiger charge is 2.07. The van der Waals surface area contributed by atoms with Gasteiger partial charge in [-0.2, -0.15) is 0 Å². The average Bonchev–Trinajstić information content (AvgIpc) is 2.44. The van der Waals surface area contributed by atoms with E-state index >= 15 is 0 Å². The number of benzene rings is 2. The van der Waals surface area contributed by atoms with Gasteiger partial charge in [-0.3, -0.25) is 4.79 Å². The molecule has 0 aliphatic rings. The number of hydrogen-bond acceptors (Lipinski definition) is 2. The summed E-state index contributed by atoms with van der Waals surface area (Å²) in [5, 5.41) is 6.40. The Labute approximate surface area is 132 Å². The normalized spacial score (nSPS) is 10.3. The second kappa shape index (κ2) is 6.78. The molecular weight excluding hydrogens is 314 g/mol. The van der Waals surface area contributed by atoms with Gasteiger partial charge in [0.2, 0.25) is 5.91 Å². The van der Waals surface area contributed by atoms with Gasteiger partial charge in [0.25, 0.3) is 0 Å².